The Morgan fingerprint density at radius 3 is 2.62 bits per heavy atom. The Morgan fingerprint density at radius 1 is 1.21 bits per heavy atom. The van der Waals surface area contributed by atoms with E-state index in [0.717, 1.165) is 5.56 Å². The standard InChI is InChI=1S/C21H21ClN4O3/c1-26-11-10-23-20(26)19(14-6-8-16(22)9-7-14)25-18(27)13-24-21(28)15-4-3-5-17(12-15)29-2/h3-12,19H,13H2,1-2H3,(H,24,28)(H,25,27)/t19-/m0/s1. The number of amides is 2. The van der Waals surface area contributed by atoms with E-state index in [1.165, 1.54) is 7.11 Å². The van der Waals surface area contributed by atoms with E-state index in [2.05, 4.69) is 15.6 Å². The van der Waals surface area contributed by atoms with Gasteiger partial charge in [0.2, 0.25) is 5.91 Å². The average molecular weight is 413 g/mol. The van der Waals surface area contributed by atoms with Crippen molar-refractivity contribution in [1.29, 1.82) is 0 Å². The number of benzene rings is 2. The molecule has 1 heterocycles. The molecule has 7 nitrogen and oxygen atoms in total. The maximum absolute atomic E-state index is 12.5. The molecule has 2 N–H and O–H groups in total. The first-order valence-electron chi connectivity index (χ1n) is 8.92. The van der Waals surface area contributed by atoms with Crippen LogP contribution in [0.1, 0.15) is 27.8 Å². The van der Waals surface area contributed by atoms with Gasteiger partial charge in [-0.05, 0) is 35.9 Å². The van der Waals surface area contributed by atoms with Gasteiger partial charge in [0.1, 0.15) is 17.6 Å². The molecule has 0 bridgehead atoms. The third-order valence-corrected chi connectivity index (χ3v) is 4.62. The van der Waals surface area contributed by atoms with E-state index >= 15 is 0 Å². The van der Waals surface area contributed by atoms with E-state index in [1.807, 2.05) is 23.7 Å². The molecule has 0 spiro atoms. The lowest BCUT2D eigenvalue weighted by atomic mass is 10.1. The summed E-state index contributed by atoms with van der Waals surface area (Å²) in [5.74, 6) is 0.530. The van der Waals surface area contributed by atoms with Crippen molar-refractivity contribution in [2.24, 2.45) is 7.05 Å². The summed E-state index contributed by atoms with van der Waals surface area (Å²) in [6.07, 6.45) is 3.46. The lowest BCUT2D eigenvalue weighted by Gasteiger charge is -2.19. The van der Waals surface area contributed by atoms with Gasteiger partial charge in [0.15, 0.2) is 0 Å². The fraction of sp³-hybridized carbons (Fsp3) is 0.190. The Labute approximate surface area is 173 Å². The van der Waals surface area contributed by atoms with Crippen LogP contribution in [0, 0.1) is 0 Å². The molecule has 1 atom stereocenters. The van der Waals surface area contributed by atoms with Crippen molar-refractivity contribution in [3.63, 3.8) is 0 Å². The van der Waals surface area contributed by atoms with Gasteiger partial charge in [-0.15, -0.1) is 0 Å². The van der Waals surface area contributed by atoms with Crippen LogP contribution in [-0.2, 0) is 11.8 Å². The van der Waals surface area contributed by atoms with Crippen molar-refractivity contribution in [3.8, 4) is 5.75 Å². The topological polar surface area (TPSA) is 85.2 Å². The van der Waals surface area contributed by atoms with E-state index in [9.17, 15) is 9.59 Å². The van der Waals surface area contributed by atoms with Gasteiger partial charge in [0.05, 0.1) is 13.7 Å². The highest BCUT2D eigenvalue weighted by Crippen LogP contribution is 2.22. The van der Waals surface area contributed by atoms with E-state index < -0.39 is 6.04 Å². The van der Waals surface area contributed by atoms with Gasteiger partial charge in [-0.3, -0.25) is 9.59 Å². The lowest BCUT2D eigenvalue weighted by molar-refractivity contribution is -0.120. The largest absolute Gasteiger partial charge is 0.497 e. The van der Waals surface area contributed by atoms with Crippen molar-refractivity contribution >= 4 is 23.4 Å². The molecule has 0 unspecified atom stereocenters. The lowest BCUT2D eigenvalue weighted by Crippen LogP contribution is -2.39. The smallest absolute Gasteiger partial charge is 0.251 e. The third kappa shape index (κ3) is 5.14. The summed E-state index contributed by atoms with van der Waals surface area (Å²) in [7, 11) is 3.38. The number of aromatic nitrogens is 2. The molecule has 0 aliphatic heterocycles. The Hall–Kier alpha value is -3.32. The van der Waals surface area contributed by atoms with Crippen LogP contribution in [0.5, 0.6) is 5.75 Å². The number of aryl methyl sites for hydroxylation is 1. The highest BCUT2D eigenvalue weighted by atomic mass is 35.5. The van der Waals surface area contributed by atoms with E-state index in [0.29, 0.717) is 22.2 Å². The number of nitrogens with zero attached hydrogens (tertiary/aromatic N) is 2. The number of nitrogens with one attached hydrogen (secondary N) is 2. The van der Waals surface area contributed by atoms with E-state index in [4.69, 9.17) is 16.3 Å². The van der Waals surface area contributed by atoms with Crippen LogP contribution in [0.2, 0.25) is 5.02 Å². The Kier molecular flexibility index (Phi) is 6.51. The molecule has 0 radical (unpaired) electrons. The van der Waals surface area contributed by atoms with Crippen molar-refractivity contribution in [2.75, 3.05) is 13.7 Å². The molecule has 150 valence electrons. The molecule has 3 rings (SSSR count). The summed E-state index contributed by atoms with van der Waals surface area (Å²) in [5.41, 5.74) is 1.24. The van der Waals surface area contributed by atoms with Crippen LogP contribution in [0.15, 0.2) is 60.9 Å². The number of rotatable bonds is 7. The van der Waals surface area contributed by atoms with Gasteiger partial charge in [-0.1, -0.05) is 29.8 Å². The molecule has 0 aliphatic carbocycles. The maximum Gasteiger partial charge on any atom is 0.251 e. The molecule has 8 heteroatoms. The second kappa shape index (κ2) is 9.25. The molecule has 1 aromatic heterocycles. The molecule has 0 saturated heterocycles. The fourth-order valence-corrected chi connectivity index (χ4v) is 2.97. The van der Waals surface area contributed by atoms with Crippen molar-refractivity contribution in [1.82, 2.24) is 20.2 Å². The summed E-state index contributed by atoms with van der Waals surface area (Å²) in [6.45, 7) is -0.176. The van der Waals surface area contributed by atoms with E-state index in [1.54, 1.807) is 48.8 Å². The molecular weight excluding hydrogens is 392 g/mol. The molecular formula is C21H21ClN4O3. The first-order valence-corrected chi connectivity index (χ1v) is 9.30. The summed E-state index contributed by atoms with van der Waals surface area (Å²) in [6, 6.07) is 13.4. The summed E-state index contributed by atoms with van der Waals surface area (Å²) in [4.78, 5) is 29.2. The highest BCUT2D eigenvalue weighted by molar-refractivity contribution is 6.30. The first-order chi connectivity index (χ1) is 14.0. The van der Waals surface area contributed by atoms with E-state index in [-0.39, 0.29) is 18.4 Å². The van der Waals surface area contributed by atoms with Crippen LogP contribution >= 0.6 is 11.6 Å². The molecule has 0 saturated carbocycles. The SMILES string of the molecule is COc1cccc(C(=O)NCC(=O)N[C@@H](c2ccc(Cl)cc2)c2nccn2C)c1. The molecule has 0 aliphatic rings. The van der Waals surface area contributed by atoms with Crippen molar-refractivity contribution in [2.45, 2.75) is 6.04 Å². The number of methoxy groups -OCH3 is 1. The number of halogens is 1. The molecule has 3 aromatic rings. The summed E-state index contributed by atoms with van der Waals surface area (Å²) in [5, 5.41) is 6.14. The molecule has 29 heavy (non-hydrogen) atoms. The van der Waals surface area contributed by atoms with Gasteiger partial charge < -0.3 is 19.9 Å². The van der Waals surface area contributed by atoms with Gasteiger partial charge >= 0.3 is 0 Å². The van der Waals surface area contributed by atoms with Crippen LogP contribution in [0.25, 0.3) is 0 Å². The number of hydrogen-bond donors (Lipinski definition) is 2. The molecule has 0 fully saturated rings. The third-order valence-electron chi connectivity index (χ3n) is 4.37. The van der Waals surface area contributed by atoms with Crippen molar-refractivity contribution in [3.05, 3.63) is 82.9 Å². The predicted molar refractivity (Wildman–Crippen MR) is 110 cm³/mol. The fourth-order valence-electron chi connectivity index (χ4n) is 2.85. The van der Waals surface area contributed by atoms with Crippen LogP contribution in [0.4, 0.5) is 0 Å². The minimum atomic E-state index is -0.478. The van der Waals surface area contributed by atoms with Crippen LogP contribution in [0.3, 0.4) is 0 Å². The Balaban J connectivity index is 1.69. The summed E-state index contributed by atoms with van der Waals surface area (Å²) < 4.78 is 6.94. The number of carbonyl (C=O) groups is 2. The summed E-state index contributed by atoms with van der Waals surface area (Å²) >= 11 is 5.98. The predicted octanol–water partition coefficient (Wildman–Crippen LogP) is 2.72. The maximum atomic E-state index is 12.5. The van der Waals surface area contributed by atoms with Crippen LogP contribution in [-0.4, -0.2) is 35.0 Å². The molecule has 2 amide bonds. The normalized spacial score (nSPS) is 11.6. The minimum absolute atomic E-state index is 0.176. The quantitative estimate of drug-likeness (QED) is 0.624. The van der Waals surface area contributed by atoms with Gasteiger partial charge in [-0.25, -0.2) is 4.98 Å². The number of hydrogen-bond acceptors (Lipinski definition) is 4. The average Bonchev–Trinajstić information content (AvgIpc) is 3.16. The number of carbonyl (C=O) groups excluding carboxylic acids is 2. The molecule has 2 aromatic carbocycles. The second-order valence-electron chi connectivity index (χ2n) is 6.36. The second-order valence-corrected chi connectivity index (χ2v) is 6.80. The van der Waals surface area contributed by atoms with Crippen LogP contribution < -0.4 is 15.4 Å². The Bertz CT molecular complexity index is 1000. The zero-order valence-corrected chi connectivity index (χ0v) is 16.8. The van der Waals surface area contributed by atoms with Crippen molar-refractivity contribution < 1.29 is 14.3 Å². The minimum Gasteiger partial charge on any atom is -0.497 e. The number of ether oxygens (including phenoxy) is 1. The van der Waals surface area contributed by atoms with Gasteiger partial charge in [-0.2, -0.15) is 0 Å². The van der Waals surface area contributed by atoms with Gasteiger partial charge in [0, 0.05) is 30.0 Å². The monoisotopic (exact) mass is 412 g/mol. The van der Waals surface area contributed by atoms with Gasteiger partial charge in [0.25, 0.3) is 5.91 Å². The first kappa shape index (κ1) is 20.4. The zero-order chi connectivity index (χ0) is 20.8. The Morgan fingerprint density at radius 2 is 1.97 bits per heavy atom. The number of imidazole rings is 1. The zero-order valence-electron chi connectivity index (χ0n) is 16.1. The highest BCUT2D eigenvalue weighted by Gasteiger charge is 2.21.